The molecule has 0 amide bonds. The van der Waals surface area contributed by atoms with Crippen molar-refractivity contribution in [3.05, 3.63) is 32.8 Å². The van der Waals surface area contributed by atoms with Crippen LogP contribution < -0.4 is 4.72 Å². The summed E-state index contributed by atoms with van der Waals surface area (Å²) in [6.45, 7) is 0. The molecule has 10 heteroatoms. The fourth-order valence-corrected chi connectivity index (χ4v) is 2.58. The standard InChI is InChI=1S/C9H9BrN2O6S/c10-6-1-2-7(8(5-6)12(15)16)11-19(17,18)4-3-9(13)14/h1-2,5,11H,3-4H2,(H,13,14). The lowest BCUT2D eigenvalue weighted by molar-refractivity contribution is -0.384. The van der Waals surface area contributed by atoms with Gasteiger partial charge in [0.05, 0.1) is 17.1 Å². The van der Waals surface area contributed by atoms with Crippen molar-refractivity contribution in [1.82, 2.24) is 0 Å². The number of nitrogens with one attached hydrogen (secondary N) is 1. The monoisotopic (exact) mass is 352 g/mol. The van der Waals surface area contributed by atoms with Gasteiger partial charge in [-0.1, -0.05) is 15.9 Å². The van der Waals surface area contributed by atoms with Crippen LogP contribution in [0.2, 0.25) is 0 Å². The molecule has 0 fully saturated rings. The maximum atomic E-state index is 11.6. The summed E-state index contributed by atoms with van der Waals surface area (Å²) in [6.07, 6.45) is -0.584. The zero-order valence-corrected chi connectivity index (χ0v) is 11.8. The summed E-state index contributed by atoms with van der Waals surface area (Å²) in [5, 5.41) is 19.2. The molecule has 1 rings (SSSR count). The first-order valence-corrected chi connectivity index (χ1v) is 7.32. The van der Waals surface area contributed by atoms with Crippen LogP contribution in [0.5, 0.6) is 0 Å². The van der Waals surface area contributed by atoms with Gasteiger partial charge < -0.3 is 5.11 Å². The summed E-state index contributed by atoms with van der Waals surface area (Å²) in [5.74, 6) is -1.93. The summed E-state index contributed by atoms with van der Waals surface area (Å²) >= 11 is 3.03. The van der Waals surface area contributed by atoms with Crippen molar-refractivity contribution in [3.63, 3.8) is 0 Å². The van der Waals surface area contributed by atoms with Gasteiger partial charge in [-0.25, -0.2) is 8.42 Å². The molecule has 2 N–H and O–H groups in total. The van der Waals surface area contributed by atoms with Gasteiger partial charge in [-0.15, -0.1) is 0 Å². The lowest BCUT2D eigenvalue weighted by Crippen LogP contribution is -2.19. The number of rotatable bonds is 6. The number of nitro groups is 1. The van der Waals surface area contributed by atoms with E-state index in [9.17, 15) is 23.3 Å². The van der Waals surface area contributed by atoms with Gasteiger partial charge in [0.15, 0.2) is 0 Å². The van der Waals surface area contributed by atoms with Gasteiger partial charge in [0, 0.05) is 10.5 Å². The molecule has 1 aromatic carbocycles. The Morgan fingerprint density at radius 2 is 2.11 bits per heavy atom. The maximum absolute atomic E-state index is 11.6. The van der Waals surface area contributed by atoms with Crippen molar-refractivity contribution in [2.45, 2.75) is 6.42 Å². The van der Waals surface area contributed by atoms with Crippen LogP contribution in [0.3, 0.4) is 0 Å². The van der Waals surface area contributed by atoms with Crippen LogP contribution in [0.25, 0.3) is 0 Å². The molecule has 104 valence electrons. The van der Waals surface area contributed by atoms with Crippen LogP contribution in [-0.4, -0.2) is 30.2 Å². The van der Waals surface area contributed by atoms with E-state index < -0.39 is 38.8 Å². The molecule has 0 unspecified atom stereocenters. The van der Waals surface area contributed by atoms with Gasteiger partial charge in [0.2, 0.25) is 10.0 Å². The van der Waals surface area contributed by atoms with Crippen molar-refractivity contribution in [2.24, 2.45) is 0 Å². The Bertz CT molecular complexity index is 615. The number of nitrogens with zero attached hydrogens (tertiary/aromatic N) is 1. The first-order valence-electron chi connectivity index (χ1n) is 4.87. The van der Waals surface area contributed by atoms with Gasteiger partial charge in [0.1, 0.15) is 5.69 Å². The molecule has 0 heterocycles. The van der Waals surface area contributed by atoms with E-state index in [0.29, 0.717) is 4.47 Å². The number of aliphatic carboxylic acids is 1. The SMILES string of the molecule is O=C(O)CCS(=O)(=O)Nc1ccc(Br)cc1[N+](=O)[O-]. The highest BCUT2D eigenvalue weighted by atomic mass is 79.9. The second-order valence-corrected chi connectivity index (χ2v) is 6.24. The van der Waals surface area contributed by atoms with E-state index in [2.05, 4.69) is 15.9 Å². The number of nitro benzene ring substituents is 1. The minimum atomic E-state index is -3.95. The van der Waals surface area contributed by atoms with E-state index in [-0.39, 0.29) is 5.69 Å². The highest BCUT2D eigenvalue weighted by Crippen LogP contribution is 2.28. The Morgan fingerprint density at radius 1 is 1.47 bits per heavy atom. The summed E-state index contributed by atoms with van der Waals surface area (Å²) in [7, 11) is -3.95. The lowest BCUT2D eigenvalue weighted by Gasteiger charge is -2.07. The zero-order valence-electron chi connectivity index (χ0n) is 9.37. The average Bonchev–Trinajstić information content (AvgIpc) is 2.28. The predicted octanol–water partition coefficient (Wildman–Crippen LogP) is 1.57. The largest absolute Gasteiger partial charge is 0.481 e. The number of anilines is 1. The van der Waals surface area contributed by atoms with Crippen LogP contribution in [0.1, 0.15) is 6.42 Å². The average molecular weight is 353 g/mol. The number of halogens is 1. The van der Waals surface area contributed by atoms with Gasteiger partial charge in [-0.3, -0.25) is 19.6 Å². The molecule has 0 radical (unpaired) electrons. The van der Waals surface area contributed by atoms with Gasteiger partial charge >= 0.3 is 5.97 Å². The van der Waals surface area contributed by atoms with Crippen LogP contribution in [0, 0.1) is 10.1 Å². The maximum Gasteiger partial charge on any atom is 0.304 e. The van der Waals surface area contributed by atoms with Crippen molar-refractivity contribution >= 4 is 43.3 Å². The van der Waals surface area contributed by atoms with E-state index in [1.54, 1.807) is 0 Å². The third-order valence-corrected chi connectivity index (χ3v) is 3.77. The Hall–Kier alpha value is -1.68. The van der Waals surface area contributed by atoms with Crippen LogP contribution in [-0.2, 0) is 14.8 Å². The highest BCUT2D eigenvalue weighted by molar-refractivity contribution is 9.10. The number of carboxylic acids is 1. The van der Waals surface area contributed by atoms with E-state index >= 15 is 0 Å². The number of sulfonamides is 1. The minimum absolute atomic E-state index is 0.210. The number of benzene rings is 1. The summed E-state index contributed by atoms with van der Waals surface area (Å²) in [6, 6.07) is 3.80. The second-order valence-electron chi connectivity index (χ2n) is 3.48. The van der Waals surface area contributed by atoms with Crippen LogP contribution in [0.4, 0.5) is 11.4 Å². The molecule has 0 aromatic heterocycles. The molecule has 19 heavy (non-hydrogen) atoms. The van der Waals surface area contributed by atoms with Gasteiger partial charge in [0.25, 0.3) is 5.69 Å². The quantitative estimate of drug-likeness (QED) is 0.590. The molecule has 0 aliphatic heterocycles. The van der Waals surface area contributed by atoms with E-state index in [4.69, 9.17) is 5.11 Å². The van der Waals surface area contributed by atoms with E-state index in [1.807, 2.05) is 4.72 Å². The zero-order chi connectivity index (χ0) is 14.6. The first kappa shape index (κ1) is 15.4. The molecule has 0 spiro atoms. The molecule has 0 aliphatic carbocycles. The number of carbonyl (C=O) groups is 1. The minimum Gasteiger partial charge on any atom is -0.481 e. The Morgan fingerprint density at radius 3 is 2.63 bits per heavy atom. The molecule has 0 bridgehead atoms. The third-order valence-electron chi connectivity index (χ3n) is 2.01. The summed E-state index contributed by atoms with van der Waals surface area (Å²) < 4.78 is 25.5. The normalized spacial score (nSPS) is 11.0. The van der Waals surface area contributed by atoms with E-state index in [0.717, 1.165) is 6.07 Å². The topological polar surface area (TPSA) is 127 Å². The molecule has 8 nitrogen and oxygen atoms in total. The Labute approximate surface area is 116 Å². The van der Waals surface area contributed by atoms with Gasteiger partial charge in [-0.2, -0.15) is 0 Å². The smallest absolute Gasteiger partial charge is 0.304 e. The van der Waals surface area contributed by atoms with Crippen LogP contribution in [0.15, 0.2) is 22.7 Å². The van der Waals surface area contributed by atoms with E-state index in [1.165, 1.54) is 12.1 Å². The van der Waals surface area contributed by atoms with Crippen molar-refractivity contribution in [1.29, 1.82) is 0 Å². The molecule has 0 aliphatic rings. The number of hydrogen-bond donors (Lipinski definition) is 2. The van der Waals surface area contributed by atoms with Crippen molar-refractivity contribution in [3.8, 4) is 0 Å². The number of hydrogen-bond acceptors (Lipinski definition) is 5. The molecule has 1 aromatic rings. The molecule has 0 saturated heterocycles. The predicted molar refractivity (Wildman–Crippen MR) is 70.5 cm³/mol. The van der Waals surface area contributed by atoms with Crippen molar-refractivity contribution < 1.29 is 23.2 Å². The molecular weight excluding hydrogens is 344 g/mol. The fourth-order valence-electron chi connectivity index (χ4n) is 1.18. The summed E-state index contributed by atoms with van der Waals surface area (Å²) in [5.41, 5.74) is -0.633. The fraction of sp³-hybridized carbons (Fsp3) is 0.222. The van der Waals surface area contributed by atoms with Crippen LogP contribution >= 0.6 is 15.9 Å². The number of carboxylic acid groups (broad SMARTS) is 1. The Kier molecular flexibility index (Phi) is 4.84. The van der Waals surface area contributed by atoms with Crippen molar-refractivity contribution in [2.75, 3.05) is 10.5 Å². The Balaban J connectivity index is 2.99. The molecular formula is C9H9BrN2O6S. The summed E-state index contributed by atoms with van der Waals surface area (Å²) in [4.78, 5) is 20.4. The highest BCUT2D eigenvalue weighted by Gasteiger charge is 2.20. The molecule has 0 saturated carbocycles. The first-order chi connectivity index (χ1) is 8.71. The lowest BCUT2D eigenvalue weighted by atomic mass is 10.3. The second kappa shape index (κ2) is 5.97. The van der Waals surface area contributed by atoms with Gasteiger partial charge in [-0.05, 0) is 12.1 Å². The molecule has 0 atom stereocenters. The third kappa shape index (κ3) is 4.83.